The number of rotatable bonds is 6. The Balaban J connectivity index is 2.11. The van der Waals surface area contributed by atoms with Gasteiger partial charge in [0.25, 0.3) is 0 Å². The zero-order valence-electron chi connectivity index (χ0n) is 11.3. The zero-order chi connectivity index (χ0) is 13.5. The van der Waals surface area contributed by atoms with Gasteiger partial charge in [-0.2, -0.15) is 0 Å². The van der Waals surface area contributed by atoms with Gasteiger partial charge in [0.05, 0.1) is 7.11 Å². The largest absolute Gasteiger partial charge is 0.497 e. The molecule has 1 unspecified atom stereocenters. The number of hydrogen-bond acceptors (Lipinski definition) is 3. The molecule has 0 spiro atoms. The van der Waals surface area contributed by atoms with Gasteiger partial charge in [0.15, 0.2) is 0 Å². The number of nitrogens with one attached hydrogen (secondary N) is 1. The molecule has 0 aliphatic rings. The third kappa shape index (κ3) is 3.73. The fraction of sp³-hybridized carbons (Fsp3) is 0.250. The molecule has 0 amide bonds. The van der Waals surface area contributed by atoms with E-state index in [9.17, 15) is 0 Å². The molecular formula is C16H19NO2. The molecule has 100 valence electrons. The maximum atomic E-state index is 6.02. The van der Waals surface area contributed by atoms with Gasteiger partial charge in [-0.25, -0.2) is 0 Å². The van der Waals surface area contributed by atoms with Crippen molar-refractivity contribution in [1.82, 2.24) is 5.32 Å². The van der Waals surface area contributed by atoms with Gasteiger partial charge in [0.2, 0.25) is 0 Å². The summed E-state index contributed by atoms with van der Waals surface area (Å²) < 4.78 is 11.2. The molecule has 1 atom stereocenters. The molecule has 0 aliphatic heterocycles. The molecule has 0 saturated carbocycles. The van der Waals surface area contributed by atoms with Gasteiger partial charge in [-0.1, -0.05) is 30.3 Å². The summed E-state index contributed by atoms with van der Waals surface area (Å²) in [6, 6.07) is 17.8. The van der Waals surface area contributed by atoms with Crippen molar-refractivity contribution >= 4 is 0 Å². The molecule has 3 heteroatoms. The lowest BCUT2D eigenvalue weighted by atomic mass is 10.1. The van der Waals surface area contributed by atoms with E-state index < -0.39 is 0 Å². The number of methoxy groups -OCH3 is 1. The molecule has 3 nitrogen and oxygen atoms in total. The van der Waals surface area contributed by atoms with Crippen LogP contribution in [0.25, 0.3) is 0 Å². The quantitative estimate of drug-likeness (QED) is 0.862. The van der Waals surface area contributed by atoms with Gasteiger partial charge in [0, 0.05) is 6.54 Å². The van der Waals surface area contributed by atoms with Gasteiger partial charge < -0.3 is 14.8 Å². The van der Waals surface area contributed by atoms with Gasteiger partial charge in [-0.3, -0.25) is 0 Å². The van der Waals surface area contributed by atoms with E-state index >= 15 is 0 Å². The van der Waals surface area contributed by atoms with Crippen LogP contribution in [0.3, 0.4) is 0 Å². The molecule has 2 aromatic carbocycles. The lowest BCUT2D eigenvalue weighted by Gasteiger charge is -2.19. The summed E-state index contributed by atoms with van der Waals surface area (Å²) in [5.41, 5.74) is 1.16. The van der Waals surface area contributed by atoms with Gasteiger partial charge in [0.1, 0.15) is 17.6 Å². The first-order valence-electron chi connectivity index (χ1n) is 6.33. The summed E-state index contributed by atoms with van der Waals surface area (Å²) in [7, 11) is 3.58. The Bertz CT molecular complexity index is 482. The molecule has 1 N–H and O–H groups in total. The molecule has 2 rings (SSSR count). The van der Waals surface area contributed by atoms with Crippen molar-refractivity contribution in [2.75, 3.05) is 20.7 Å². The summed E-state index contributed by atoms with van der Waals surface area (Å²) in [4.78, 5) is 0. The molecule has 0 radical (unpaired) electrons. The number of ether oxygens (including phenoxy) is 2. The van der Waals surface area contributed by atoms with E-state index in [1.165, 1.54) is 0 Å². The van der Waals surface area contributed by atoms with Crippen LogP contribution < -0.4 is 14.8 Å². The highest BCUT2D eigenvalue weighted by molar-refractivity contribution is 5.32. The Morgan fingerprint density at radius 1 is 0.947 bits per heavy atom. The molecule has 0 heterocycles. The first kappa shape index (κ1) is 13.4. The van der Waals surface area contributed by atoms with E-state index in [1.54, 1.807) is 7.11 Å². The second-order valence-electron chi connectivity index (χ2n) is 4.25. The molecule has 0 aliphatic carbocycles. The second-order valence-corrected chi connectivity index (χ2v) is 4.25. The maximum Gasteiger partial charge on any atom is 0.136 e. The van der Waals surface area contributed by atoms with Crippen LogP contribution in [0.1, 0.15) is 11.7 Å². The fourth-order valence-electron chi connectivity index (χ4n) is 1.90. The monoisotopic (exact) mass is 257 g/mol. The van der Waals surface area contributed by atoms with Gasteiger partial charge in [-0.15, -0.1) is 0 Å². The normalized spacial score (nSPS) is 11.9. The standard InChI is InChI=1S/C16H19NO2/c1-17-12-16(13-6-4-3-5-7-13)19-15-10-8-14(18-2)9-11-15/h3-11,16-17H,12H2,1-2H3. The van der Waals surface area contributed by atoms with E-state index in [4.69, 9.17) is 9.47 Å². The molecule has 0 fully saturated rings. The van der Waals surface area contributed by atoms with Crippen molar-refractivity contribution in [1.29, 1.82) is 0 Å². The van der Waals surface area contributed by atoms with Crippen LogP contribution in [0.5, 0.6) is 11.5 Å². The molecule has 0 saturated heterocycles. The van der Waals surface area contributed by atoms with Gasteiger partial charge in [-0.05, 0) is 36.9 Å². The summed E-state index contributed by atoms with van der Waals surface area (Å²) in [6.45, 7) is 0.760. The molecule has 19 heavy (non-hydrogen) atoms. The minimum Gasteiger partial charge on any atom is -0.497 e. The van der Waals surface area contributed by atoms with Crippen molar-refractivity contribution in [3.63, 3.8) is 0 Å². The van der Waals surface area contributed by atoms with Crippen molar-refractivity contribution in [2.45, 2.75) is 6.10 Å². The first-order valence-corrected chi connectivity index (χ1v) is 6.33. The van der Waals surface area contributed by atoms with E-state index in [0.29, 0.717) is 0 Å². The van der Waals surface area contributed by atoms with Crippen LogP contribution in [-0.2, 0) is 0 Å². The fourth-order valence-corrected chi connectivity index (χ4v) is 1.90. The lowest BCUT2D eigenvalue weighted by Crippen LogP contribution is -2.21. The third-order valence-corrected chi connectivity index (χ3v) is 2.90. The number of hydrogen-bond donors (Lipinski definition) is 1. The van der Waals surface area contributed by atoms with Crippen molar-refractivity contribution in [3.8, 4) is 11.5 Å². The Morgan fingerprint density at radius 2 is 1.58 bits per heavy atom. The van der Waals surface area contributed by atoms with Crippen molar-refractivity contribution in [3.05, 3.63) is 60.2 Å². The summed E-state index contributed by atoms with van der Waals surface area (Å²) in [6.07, 6.45) is -0.000375. The Labute approximate surface area is 114 Å². The van der Waals surface area contributed by atoms with E-state index in [1.807, 2.05) is 49.5 Å². The highest BCUT2D eigenvalue weighted by atomic mass is 16.5. The highest BCUT2D eigenvalue weighted by Gasteiger charge is 2.12. The number of likely N-dealkylation sites (N-methyl/N-ethyl adjacent to an activating group) is 1. The average molecular weight is 257 g/mol. The minimum absolute atomic E-state index is 0.000375. The molecule has 0 bridgehead atoms. The lowest BCUT2D eigenvalue weighted by molar-refractivity contribution is 0.204. The predicted octanol–water partition coefficient (Wildman–Crippen LogP) is 3.03. The van der Waals surface area contributed by atoms with Crippen molar-refractivity contribution < 1.29 is 9.47 Å². The minimum atomic E-state index is -0.000375. The maximum absolute atomic E-state index is 6.02. The summed E-state index contributed by atoms with van der Waals surface area (Å²) in [5, 5.41) is 3.16. The van der Waals surface area contributed by atoms with Crippen LogP contribution in [0, 0.1) is 0 Å². The van der Waals surface area contributed by atoms with Crippen LogP contribution >= 0.6 is 0 Å². The second kappa shape index (κ2) is 6.81. The molecular weight excluding hydrogens is 238 g/mol. The highest BCUT2D eigenvalue weighted by Crippen LogP contribution is 2.23. The van der Waals surface area contributed by atoms with Gasteiger partial charge >= 0.3 is 0 Å². The smallest absolute Gasteiger partial charge is 0.136 e. The average Bonchev–Trinajstić information content (AvgIpc) is 2.48. The summed E-state index contributed by atoms with van der Waals surface area (Å²) >= 11 is 0. The molecule has 0 aromatic heterocycles. The Morgan fingerprint density at radius 3 is 2.16 bits per heavy atom. The first-order chi connectivity index (χ1) is 9.33. The SMILES string of the molecule is CNCC(Oc1ccc(OC)cc1)c1ccccc1. The summed E-state index contributed by atoms with van der Waals surface area (Å²) in [5.74, 6) is 1.67. The van der Waals surface area contributed by atoms with E-state index in [2.05, 4.69) is 17.4 Å². The third-order valence-electron chi connectivity index (χ3n) is 2.90. The predicted molar refractivity (Wildman–Crippen MR) is 76.7 cm³/mol. The van der Waals surface area contributed by atoms with E-state index in [0.717, 1.165) is 23.6 Å². The molecule has 2 aromatic rings. The number of benzene rings is 2. The topological polar surface area (TPSA) is 30.5 Å². The van der Waals surface area contributed by atoms with Crippen molar-refractivity contribution in [2.24, 2.45) is 0 Å². The Hall–Kier alpha value is -2.00. The zero-order valence-corrected chi connectivity index (χ0v) is 11.3. The van der Waals surface area contributed by atoms with Crippen LogP contribution in [0.15, 0.2) is 54.6 Å². The van der Waals surface area contributed by atoms with Crippen LogP contribution in [-0.4, -0.2) is 20.7 Å². The van der Waals surface area contributed by atoms with E-state index in [-0.39, 0.29) is 6.10 Å². The van der Waals surface area contributed by atoms with Crippen LogP contribution in [0.4, 0.5) is 0 Å². The van der Waals surface area contributed by atoms with Crippen LogP contribution in [0.2, 0.25) is 0 Å². The Kier molecular flexibility index (Phi) is 4.81.